The maximum atomic E-state index is 8.88. The van der Waals surface area contributed by atoms with Crippen molar-refractivity contribution >= 4 is 11.6 Å². The zero-order chi connectivity index (χ0) is 10.6. The zero-order valence-corrected chi connectivity index (χ0v) is 9.12. The normalized spacial score (nSPS) is 15.1. The molecule has 3 nitrogen and oxygen atoms in total. The van der Waals surface area contributed by atoms with E-state index >= 15 is 0 Å². The van der Waals surface area contributed by atoms with Crippen molar-refractivity contribution in [3.05, 3.63) is 29.0 Å². The van der Waals surface area contributed by atoms with E-state index < -0.39 is 0 Å². The van der Waals surface area contributed by atoms with Gasteiger partial charge in [-0.1, -0.05) is 11.6 Å². The molecule has 1 rings (SSSR count). The number of aliphatic hydroxyl groups excluding tert-OH is 1. The Morgan fingerprint density at radius 3 is 2.86 bits per heavy atom. The van der Waals surface area contributed by atoms with Gasteiger partial charge in [-0.2, -0.15) is 0 Å². The number of pyridine rings is 1. The van der Waals surface area contributed by atoms with Gasteiger partial charge in [0.25, 0.3) is 0 Å². The zero-order valence-electron chi connectivity index (χ0n) is 8.37. The van der Waals surface area contributed by atoms with Gasteiger partial charge in [-0.3, -0.25) is 0 Å². The highest BCUT2D eigenvalue weighted by molar-refractivity contribution is 6.29. The second kappa shape index (κ2) is 5.29. The first kappa shape index (κ1) is 11.4. The molecule has 2 atom stereocenters. The lowest BCUT2D eigenvalue weighted by atomic mass is 10.1. The lowest BCUT2D eigenvalue weighted by molar-refractivity contribution is 0.243. The van der Waals surface area contributed by atoms with Crippen LogP contribution in [0.1, 0.15) is 25.5 Å². The number of halogens is 1. The molecule has 1 heterocycles. The van der Waals surface area contributed by atoms with E-state index in [-0.39, 0.29) is 18.7 Å². The second-order valence-electron chi connectivity index (χ2n) is 3.38. The van der Waals surface area contributed by atoms with Crippen LogP contribution in [-0.4, -0.2) is 22.7 Å². The predicted octanol–water partition coefficient (Wildman–Crippen LogP) is 1.77. The molecule has 0 aromatic carbocycles. The lowest BCUT2D eigenvalue weighted by Gasteiger charge is -2.18. The Bertz CT molecular complexity index is 293. The summed E-state index contributed by atoms with van der Waals surface area (Å²) in [6.45, 7) is 4.08. The van der Waals surface area contributed by atoms with Crippen LogP contribution in [0.25, 0.3) is 0 Å². The van der Waals surface area contributed by atoms with Crippen LogP contribution in [0.2, 0.25) is 5.15 Å². The van der Waals surface area contributed by atoms with Crippen LogP contribution in [0.3, 0.4) is 0 Å². The summed E-state index contributed by atoms with van der Waals surface area (Å²) in [5.41, 5.74) is 1.07. The number of rotatable bonds is 4. The van der Waals surface area contributed by atoms with Crippen LogP contribution in [0.15, 0.2) is 18.3 Å². The lowest BCUT2D eigenvalue weighted by Crippen LogP contribution is -2.31. The van der Waals surface area contributed by atoms with E-state index in [2.05, 4.69) is 10.3 Å². The van der Waals surface area contributed by atoms with Gasteiger partial charge in [0, 0.05) is 18.3 Å². The van der Waals surface area contributed by atoms with E-state index in [0.717, 1.165) is 5.56 Å². The molecule has 1 aromatic heterocycles. The average Bonchev–Trinajstić information content (AvgIpc) is 2.17. The van der Waals surface area contributed by atoms with Gasteiger partial charge in [0.2, 0.25) is 0 Å². The largest absolute Gasteiger partial charge is 0.395 e. The van der Waals surface area contributed by atoms with Crippen LogP contribution in [0, 0.1) is 0 Å². The van der Waals surface area contributed by atoms with Crippen LogP contribution in [0.5, 0.6) is 0 Å². The van der Waals surface area contributed by atoms with Gasteiger partial charge in [0.05, 0.1) is 6.61 Å². The summed E-state index contributed by atoms with van der Waals surface area (Å²) in [5.74, 6) is 0. The van der Waals surface area contributed by atoms with Crippen molar-refractivity contribution in [2.75, 3.05) is 6.61 Å². The van der Waals surface area contributed by atoms with Crippen LogP contribution in [0.4, 0.5) is 0 Å². The molecule has 1 unspecified atom stereocenters. The standard InChI is InChI=1S/C10H15ClN2O/c1-7(6-14)13-8(2)9-3-4-12-10(11)5-9/h3-5,7-8,13-14H,6H2,1-2H3/t7-,8?/m1/s1. The Morgan fingerprint density at radius 2 is 2.29 bits per heavy atom. The molecule has 0 bridgehead atoms. The quantitative estimate of drug-likeness (QED) is 0.751. The Balaban J connectivity index is 2.64. The van der Waals surface area contributed by atoms with Crippen molar-refractivity contribution < 1.29 is 5.11 Å². The van der Waals surface area contributed by atoms with Crippen LogP contribution < -0.4 is 5.32 Å². The fourth-order valence-corrected chi connectivity index (χ4v) is 1.44. The fourth-order valence-electron chi connectivity index (χ4n) is 1.26. The molecule has 0 amide bonds. The number of aromatic nitrogens is 1. The summed E-state index contributed by atoms with van der Waals surface area (Å²) in [5, 5.41) is 12.6. The molecule has 0 aliphatic rings. The van der Waals surface area contributed by atoms with Crippen molar-refractivity contribution in [1.82, 2.24) is 10.3 Å². The van der Waals surface area contributed by atoms with Crippen molar-refractivity contribution in [2.45, 2.75) is 25.9 Å². The Hall–Kier alpha value is -0.640. The molecule has 0 fully saturated rings. The summed E-state index contributed by atoms with van der Waals surface area (Å²) >= 11 is 5.77. The minimum absolute atomic E-state index is 0.0805. The SMILES string of the molecule is CC(N[C@H](C)CO)c1ccnc(Cl)c1. The highest BCUT2D eigenvalue weighted by Crippen LogP contribution is 2.15. The summed E-state index contributed by atoms with van der Waals surface area (Å²) in [6.07, 6.45) is 1.68. The van der Waals surface area contributed by atoms with Crippen molar-refractivity contribution in [1.29, 1.82) is 0 Å². The van der Waals surface area contributed by atoms with E-state index in [1.54, 1.807) is 6.20 Å². The van der Waals surface area contributed by atoms with Crippen molar-refractivity contribution in [3.63, 3.8) is 0 Å². The average molecular weight is 215 g/mol. The van der Waals surface area contributed by atoms with Gasteiger partial charge in [-0.15, -0.1) is 0 Å². The van der Waals surface area contributed by atoms with Gasteiger partial charge >= 0.3 is 0 Å². The molecule has 4 heteroatoms. The first-order valence-corrected chi connectivity index (χ1v) is 4.99. The van der Waals surface area contributed by atoms with E-state index in [1.165, 1.54) is 0 Å². The van der Waals surface area contributed by atoms with Crippen molar-refractivity contribution in [2.24, 2.45) is 0 Å². The predicted molar refractivity (Wildman–Crippen MR) is 57.3 cm³/mol. The van der Waals surface area contributed by atoms with Gasteiger partial charge in [-0.25, -0.2) is 4.98 Å². The number of hydrogen-bond donors (Lipinski definition) is 2. The highest BCUT2D eigenvalue weighted by Gasteiger charge is 2.08. The smallest absolute Gasteiger partial charge is 0.129 e. The Morgan fingerprint density at radius 1 is 1.57 bits per heavy atom. The second-order valence-corrected chi connectivity index (χ2v) is 3.77. The van der Waals surface area contributed by atoms with E-state index in [0.29, 0.717) is 5.15 Å². The maximum Gasteiger partial charge on any atom is 0.129 e. The molecule has 78 valence electrons. The third-order valence-electron chi connectivity index (χ3n) is 2.06. The molecule has 0 saturated heterocycles. The molecule has 0 radical (unpaired) electrons. The molecule has 0 saturated carbocycles. The summed E-state index contributed by atoms with van der Waals surface area (Å²) in [7, 11) is 0. The molecule has 1 aromatic rings. The molecule has 2 N–H and O–H groups in total. The number of nitrogens with one attached hydrogen (secondary N) is 1. The molecule has 0 spiro atoms. The first-order chi connectivity index (χ1) is 6.63. The van der Waals surface area contributed by atoms with E-state index in [9.17, 15) is 0 Å². The van der Waals surface area contributed by atoms with Gasteiger partial charge in [-0.05, 0) is 31.5 Å². The third-order valence-corrected chi connectivity index (χ3v) is 2.27. The number of aliphatic hydroxyl groups is 1. The number of hydrogen-bond acceptors (Lipinski definition) is 3. The first-order valence-electron chi connectivity index (χ1n) is 4.62. The summed E-state index contributed by atoms with van der Waals surface area (Å²) in [4.78, 5) is 3.91. The Labute approximate surface area is 89.1 Å². The van der Waals surface area contributed by atoms with E-state index in [1.807, 2.05) is 26.0 Å². The molecule has 0 aliphatic heterocycles. The van der Waals surface area contributed by atoms with Crippen LogP contribution >= 0.6 is 11.6 Å². The third kappa shape index (κ3) is 3.25. The molecular formula is C10H15ClN2O. The van der Waals surface area contributed by atoms with Crippen molar-refractivity contribution in [3.8, 4) is 0 Å². The van der Waals surface area contributed by atoms with Gasteiger partial charge < -0.3 is 10.4 Å². The highest BCUT2D eigenvalue weighted by atomic mass is 35.5. The minimum Gasteiger partial charge on any atom is -0.395 e. The monoisotopic (exact) mass is 214 g/mol. The van der Waals surface area contributed by atoms with Gasteiger partial charge in [0.1, 0.15) is 5.15 Å². The summed E-state index contributed by atoms with van der Waals surface area (Å²) in [6, 6.07) is 3.98. The van der Waals surface area contributed by atoms with E-state index in [4.69, 9.17) is 16.7 Å². The minimum atomic E-state index is 0.0805. The Kier molecular flexibility index (Phi) is 4.32. The maximum absolute atomic E-state index is 8.88. The molecule has 14 heavy (non-hydrogen) atoms. The number of nitrogens with zero attached hydrogens (tertiary/aromatic N) is 1. The fraction of sp³-hybridized carbons (Fsp3) is 0.500. The summed E-state index contributed by atoms with van der Waals surface area (Å²) < 4.78 is 0. The van der Waals surface area contributed by atoms with Gasteiger partial charge in [0.15, 0.2) is 0 Å². The van der Waals surface area contributed by atoms with Crippen LogP contribution in [-0.2, 0) is 0 Å². The molecule has 0 aliphatic carbocycles. The molecular weight excluding hydrogens is 200 g/mol. The topological polar surface area (TPSA) is 45.1 Å².